The summed E-state index contributed by atoms with van der Waals surface area (Å²) >= 11 is 4.56. The molecule has 6 nitrogen and oxygen atoms in total. The molecule has 0 bridgehead atoms. The number of benzene rings is 2. The number of methoxy groups -OCH3 is 1. The van der Waals surface area contributed by atoms with Crippen LogP contribution in [0.1, 0.15) is 15.9 Å². The number of nitrogens with one attached hydrogen (secondary N) is 1. The lowest BCUT2D eigenvalue weighted by atomic mass is 10.2. The predicted molar refractivity (Wildman–Crippen MR) is 118 cm³/mol. The zero-order valence-corrected chi connectivity index (χ0v) is 17.9. The molecular weight excluding hydrogens is 456 g/mol. The Morgan fingerprint density at radius 1 is 1.31 bits per heavy atom. The van der Waals surface area contributed by atoms with Gasteiger partial charge in [0.1, 0.15) is 6.61 Å². The third kappa shape index (κ3) is 5.16. The number of amidine groups is 1. The lowest BCUT2D eigenvalue weighted by Gasteiger charge is -2.12. The van der Waals surface area contributed by atoms with Gasteiger partial charge in [-0.2, -0.15) is 4.99 Å². The summed E-state index contributed by atoms with van der Waals surface area (Å²) < 4.78 is 11.7. The minimum Gasteiger partial charge on any atom is -0.493 e. The van der Waals surface area contributed by atoms with Gasteiger partial charge in [0.15, 0.2) is 16.7 Å². The molecule has 1 fully saturated rings. The van der Waals surface area contributed by atoms with Crippen LogP contribution >= 0.6 is 27.7 Å². The molecule has 29 heavy (non-hydrogen) atoms. The zero-order valence-electron chi connectivity index (χ0n) is 15.5. The first kappa shape index (κ1) is 20.9. The standard InChI is InChI=1S/C21H17BrN2O4S/c1-3-9-28-18-15(22)10-13(11-16(18)27-2)12-17-20(26)24-21(29-17)23-19(25)14-7-5-4-6-8-14/h3-8,10-12H,1,9H2,2H3,(H,23,24,25,26)/b17-12-. The van der Waals surface area contributed by atoms with Gasteiger partial charge in [-0.25, -0.2) is 0 Å². The molecule has 0 radical (unpaired) electrons. The number of ether oxygens (including phenoxy) is 2. The molecule has 8 heteroatoms. The molecule has 0 saturated carbocycles. The van der Waals surface area contributed by atoms with Gasteiger partial charge in [-0.1, -0.05) is 30.9 Å². The molecule has 1 N–H and O–H groups in total. The molecule has 2 amide bonds. The van der Waals surface area contributed by atoms with Crippen molar-refractivity contribution in [2.24, 2.45) is 4.99 Å². The van der Waals surface area contributed by atoms with E-state index >= 15 is 0 Å². The van der Waals surface area contributed by atoms with Crippen molar-refractivity contribution in [3.63, 3.8) is 0 Å². The molecule has 0 atom stereocenters. The summed E-state index contributed by atoms with van der Waals surface area (Å²) in [4.78, 5) is 28.9. The fourth-order valence-electron chi connectivity index (χ4n) is 2.47. The maximum Gasteiger partial charge on any atom is 0.279 e. The summed E-state index contributed by atoms with van der Waals surface area (Å²) in [6, 6.07) is 12.2. The second-order valence-corrected chi connectivity index (χ2v) is 7.67. The number of halogens is 1. The van der Waals surface area contributed by atoms with Crippen LogP contribution in [0.25, 0.3) is 6.08 Å². The molecule has 1 aliphatic rings. The van der Waals surface area contributed by atoms with Gasteiger partial charge in [-0.3, -0.25) is 9.59 Å². The van der Waals surface area contributed by atoms with E-state index in [0.717, 1.165) is 17.3 Å². The summed E-state index contributed by atoms with van der Waals surface area (Å²) in [5, 5.41) is 2.86. The van der Waals surface area contributed by atoms with Gasteiger partial charge in [0, 0.05) is 5.56 Å². The molecule has 0 aliphatic carbocycles. The van der Waals surface area contributed by atoms with Crippen molar-refractivity contribution in [3.05, 3.63) is 75.6 Å². The van der Waals surface area contributed by atoms with E-state index in [1.807, 2.05) is 12.1 Å². The highest BCUT2D eigenvalue weighted by Gasteiger charge is 2.25. The van der Waals surface area contributed by atoms with Gasteiger partial charge in [0.05, 0.1) is 16.5 Å². The predicted octanol–water partition coefficient (Wildman–Crippen LogP) is 4.42. The first-order valence-electron chi connectivity index (χ1n) is 8.52. The van der Waals surface area contributed by atoms with E-state index in [-0.39, 0.29) is 11.1 Å². The van der Waals surface area contributed by atoms with Crippen LogP contribution in [0.2, 0.25) is 0 Å². The molecule has 0 spiro atoms. The van der Waals surface area contributed by atoms with E-state index in [0.29, 0.717) is 33.0 Å². The van der Waals surface area contributed by atoms with E-state index in [2.05, 4.69) is 32.8 Å². The Kier molecular flexibility index (Phi) is 6.90. The third-order valence-electron chi connectivity index (χ3n) is 3.77. The van der Waals surface area contributed by atoms with Gasteiger partial charge < -0.3 is 14.8 Å². The summed E-state index contributed by atoms with van der Waals surface area (Å²) in [5.41, 5.74) is 1.18. The fraction of sp³-hybridized carbons (Fsp3) is 0.0952. The highest BCUT2D eigenvalue weighted by molar-refractivity contribution is 9.10. The number of carbonyl (C=O) groups excluding carboxylic acids is 2. The average Bonchev–Trinajstić information content (AvgIpc) is 3.06. The third-order valence-corrected chi connectivity index (χ3v) is 5.27. The monoisotopic (exact) mass is 472 g/mol. The Balaban J connectivity index is 1.83. The van der Waals surface area contributed by atoms with E-state index in [9.17, 15) is 9.59 Å². The minimum absolute atomic E-state index is 0.243. The van der Waals surface area contributed by atoms with Crippen LogP contribution in [-0.4, -0.2) is 30.7 Å². The number of hydrogen-bond acceptors (Lipinski definition) is 5. The van der Waals surface area contributed by atoms with Crippen molar-refractivity contribution in [1.29, 1.82) is 0 Å². The average molecular weight is 473 g/mol. The number of nitrogens with zero attached hydrogens (tertiary/aromatic N) is 1. The molecule has 2 aromatic rings. The summed E-state index contributed by atoms with van der Waals surface area (Å²) in [7, 11) is 1.54. The van der Waals surface area contributed by atoms with E-state index in [4.69, 9.17) is 9.47 Å². The van der Waals surface area contributed by atoms with Crippen LogP contribution in [0.15, 0.2) is 69.5 Å². The van der Waals surface area contributed by atoms with E-state index < -0.39 is 5.91 Å². The molecule has 0 unspecified atom stereocenters. The van der Waals surface area contributed by atoms with Crippen molar-refractivity contribution in [2.75, 3.05) is 13.7 Å². The summed E-state index contributed by atoms with van der Waals surface area (Å²) in [5.74, 6) is 0.331. The lowest BCUT2D eigenvalue weighted by molar-refractivity contribution is -0.115. The topological polar surface area (TPSA) is 77.0 Å². The Morgan fingerprint density at radius 2 is 2.07 bits per heavy atom. The maximum atomic E-state index is 12.3. The van der Waals surface area contributed by atoms with Crippen LogP contribution in [0, 0.1) is 0 Å². The van der Waals surface area contributed by atoms with Crippen molar-refractivity contribution >= 4 is 50.7 Å². The Hall–Kier alpha value is -2.84. The normalized spacial score (nSPS) is 16.0. The lowest BCUT2D eigenvalue weighted by Crippen LogP contribution is -2.20. The first-order valence-corrected chi connectivity index (χ1v) is 10.1. The number of amides is 2. The summed E-state index contributed by atoms with van der Waals surface area (Å²) in [6.45, 7) is 3.97. The van der Waals surface area contributed by atoms with Crippen LogP contribution in [-0.2, 0) is 4.79 Å². The molecular formula is C21H17BrN2O4S. The van der Waals surface area contributed by atoms with E-state index in [1.54, 1.807) is 42.5 Å². The maximum absolute atomic E-state index is 12.3. The van der Waals surface area contributed by atoms with Gasteiger partial charge in [-0.05, 0) is 63.6 Å². The minimum atomic E-state index is -0.414. The van der Waals surface area contributed by atoms with Gasteiger partial charge in [0.25, 0.3) is 11.8 Å². The van der Waals surface area contributed by atoms with Gasteiger partial charge in [0.2, 0.25) is 0 Å². The smallest absolute Gasteiger partial charge is 0.279 e. The van der Waals surface area contributed by atoms with Crippen molar-refractivity contribution < 1.29 is 19.1 Å². The van der Waals surface area contributed by atoms with Crippen LogP contribution in [0.4, 0.5) is 0 Å². The SMILES string of the molecule is C=CCOc1c(Br)cc(/C=C2\SC(=NC(=O)c3ccccc3)NC2=O)cc1OC. The highest BCUT2D eigenvalue weighted by Crippen LogP contribution is 2.38. The fourth-order valence-corrected chi connectivity index (χ4v) is 3.87. The molecule has 1 heterocycles. The molecule has 2 aromatic carbocycles. The number of rotatable bonds is 6. The van der Waals surface area contributed by atoms with Crippen molar-refractivity contribution in [1.82, 2.24) is 5.32 Å². The summed E-state index contributed by atoms with van der Waals surface area (Å²) in [6.07, 6.45) is 3.33. The van der Waals surface area contributed by atoms with Gasteiger partial charge >= 0.3 is 0 Å². The van der Waals surface area contributed by atoms with Crippen molar-refractivity contribution in [2.45, 2.75) is 0 Å². The van der Waals surface area contributed by atoms with Crippen molar-refractivity contribution in [3.8, 4) is 11.5 Å². The Bertz CT molecular complexity index is 1020. The van der Waals surface area contributed by atoms with Crippen LogP contribution in [0.5, 0.6) is 11.5 Å². The molecule has 148 valence electrons. The second kappa shape index (κ2) is 9.58. The van der Waals surface area contributed by atoms with Crippen LogP contribution in [0.3, 0.4) is 0 Å². The largest absolute Gasteiger partial charge is 0.493 e. The molecule has 0 aromatic heterocycles. The first-order chi connectivity index (χ1) is 14.0. The van der Waals surface area contributed by atoms with Gasteiger partial charge in [-0.15, -0.1) is 0 Å². The number of aliphatic imine (C=N–C) groups is 1. The Morgan fingerprint density at radius 3 is 2.76 bits per heavy atom. The molecule has 3 rings (SSSR count). The number of carbonyl (C=O) groups is 2. The zero-order chi connectivity index (χ0) is 20.8. The van der Waals surface area contributed by atoms with Crippen LogP contribution < -0.4 is 14.8 Å². The molecule has 1 saturated heterocycles. The molecule has 1 aliphatic heterocycles. The number of thioether (sulfide) groups is 1. The van der Waals surface area contributed by atoms with E-state index in [1.165, 1.54) is 7.11 Å². The second-order valence-electron chi connectivity index (χ2n) is 5.79. The highest BCUT2D eigenvalue weighted by atomic mass is 79.9. The number of hydrogen-bond donors (Lipinski definition) is 1. The quantitative estimate of drug-likeness (QED) is 0.497. The Labute approximate surface area is 180 Å².